The van der Waals surface area contributed by atoms with E-state index in [9.17, 15) is 4.79 Å². The molecule has 0 saturated heterocycles. The number of hydrogen-bond donors (Lipinski definition) is 1. The highest BCUT2D eigenvalue weighted by Gasteiger charge is 2.27. The van der Waals surface area contributed by atoms with Crippen LogP contribution in [0.15, 0.2) is 84.9 Å². The first kappa shape index (κ1) is 19.2. The maximum Gasteiger partial charge on any atom is 0.167 e. The van der Waals surface area contributed by atoms with Gasteiger partial charge in [-0.1, -0.05) is 66.7 Å². The molecule has 31 heavy (non-hydrogen) atoms. The van der Waals surface area contributed by atoms with Crippen molar-refractivity contribution in [1.29, 1.82) is 0 Å². The summed E-state index contributed by atoms with van der Waals surface area (Å²) in [5.41, 5.74) is 3.75. The largest absolute Gasteiger partial charge is 0.493 e. The lowest BCUT2D eigenvalue weighted by Gasteiger charge is -2.28. The average Bonchev–Trinajstić information content (AvgIpc) is 2.82. The summed E-state index contributed by atoms with van der Waals surface area (Å²) in [5, 5.41) is 5.63. The summed E-state index contributed by atoms with van der Waals surface area (Å²) in [7, 11) is 1.63. The fraction of sp³-hybridized carbons (Fsp3) is 0.148. The third-order valence-corrected chi connectivity index (χ3v) is 5.75. The van der Waals surface area contributed by atoms with E-state index in [2.05, 4.69) is 11.4 Å². The smallest absolute Gasteiger partial charge is 0.167 e. The Bertz CT molecular complexity index is 1250. The van der Waals surface area contributed by atoms with Crippen molar-refractivity contribution in [3.8, 4) is 11.5 Å². The van der Waals surface area contributed by atoms with Crippen molar-refractivity contribution < 1.29 is 14.3 Å². The van der Waals surface area contributed by atoms with Crippen LogP contribution < -0.4 is 14.8 Å². The van der Waals surface area contributed by atoms with Gasteiger partial charge in [0, 0.05) is 17.7 Å². The standard InChI is InChI=1S/C27H23NO3/c1-30-26-15-20(12-14-25(26)31-17-18-7-3-2-4-8-18)23-16-24(29)27-21-10-6-5-9-19(21)11-13-22(27)28-23/h2-15,23,28H,16-17H2,1H3. The zero-order chi connectivity index (χ0) is 21.2. The Morgan fingerprint density at radius 1 is 0.903 bits per heavy atom. The number of methoxy groups -OCH3 is 1. The second-order valence-corrected chi connectivity index (χ2v) is 7.72. The molecular weight excluding hydrogens is 386 g/mol. The summed E-state index contributed by atoms with van der Waals surface area (Å²) in [5.74, 6) is 1.49. The molecule has 4 aromatic carbocycles. The number of carbonyl (C=O) groups is 1. The molecule has 0 spiro atoms. The van der Waals surface area contributed by atoms with Crippen LogP contribution in [0.25, 0.3) is 10.8 Å². The van der Waals surface area contributed by atoms with E-state index in [1.54, 1.807) is 7.11 Å². The van der Waals surface area contributed by atoms with Gasteiger partial charge in [0.15, 0.2) is 17.3 Å². The summed E-state index contributed by atoms with van der Waals surface area (Å²) in [4.78, 5) is 13.1. The van der Waals surface area contributed by atoms with Gasteiger partial charge < -0.3 is 14.8 Å². The number of nitrogens with one attached hydrogen (secondary N) is 1. The van der Waals surface area contributed by atoms with Crippen molar-refractivity contribution in [2.24, 2.45) is 0 Å². The second-order valence-electron chi connectivity index (χ2n) is 7.72. The Balaban J connectivity index is 1.40. The zero-order valence-corrected chi connectivity index (χ0v) is 17.3. The van der Waals surface area contributed by atoms with Gasteiger partial charge in [-0.15, -0.1) is 0 Å². The van der Waals surface area contributed by atoms with E-state index in [1.165, 1.54) is 0 Å². The first-order valence-electron chi connectivity index (χ1n) is 10.4. The van der Waals surface area contributed by atoms with Crippen molar-refractivity contribution in [3.63, 3.8) is 0 Å². The van der Waals surface area contributed by atoms with Crippen molar-refractivity contribution >= 4 is 22.2 Å². The molecule has 1 atom stereocenters. The highest BCUT2D eigenvalue weighted by Crippen LogP contribution is 2.39. The monoisotopic (exact) mass is 409 g/mol. The number of benzene rings is 4. The summed E-state index contributed by atoms with van der Waals surface area (Å²) in [6, 6.07) is 27.8. The van der Waals surface area contributed by atoms with E-state index in [4.69, 9.17) is 9.47 Å². The van der Waals surface area contributed by atoms with Gasteiger partial charge in [-0.25, -0.2) is 0 Å². The minimum atomic E-state index is -0.113. The molecule has 1 aliphatic rings. The first-order chi connectivity index (χ1) is 15.2. The molecule has 1 unspecified atom stereocenters. The van der Waals surface area contributed by atoms with Crippen molar-refractivity contribution in [2.45, 2.75) is 19.1 Å². The fourth-order valence-electron chi connectivity index (χ4n) is 4.18. The highest BCUT2D eigenvalue weighted by atomic mass is 16.5. The van der Waals surface area contributed by atoms with E-state index < -0.39 is 0 Å². The number of ether oxygens (including phenoxy) is 2. The van der Waals surface area contributed by atoms with Gasteiger partial charge in [0.25, 0.3) is 0 Å². The lowest BCUT2D eigenvalue weighted by atomic mass is 9.89. The molecule has 1 heterocycles. The fourth-order valence-corrected chi connectivity index (χ4v) is 4.18. The highest BCUT2D eigenvalue weighted by molar-refractivity contribution is 6.14. The molecule has 154 valence electrons. The van der Waals surface area contributed by atoms with Crippen LogP contribution in [0.5, 0.6) is 11.5 Å². The van der Waals surface area contributed by atoms with Crippen LogP contribution in [-0.2, 0) is 6.61 Å². The Morgan fingerprint density at radius 3 is 2.55 bits per heavy atom. The maximum atomic E-state index is 13.1. The normalized spacial score (nSPS) is 15.3. The number of ketones is 1. The van der Waals surface area contributed by atoms with Crippen LogP contribution >= 0.6 is 0 Å². The number of anilines is 1. The van der Waals surface area contributed by atoms with Crippen molar-refractivity contribution in [3.05, 3.63) is 102 Å². The van der Waals surface area contributed by atoms with Gasteiger partial charge >= 0.3 is 0 Å². The van der Waals surface area contributed by atoms with Gasteiger partial charge in [-0.05, 0) is 40.1 Å². The van der Waals surface area contributed by atoms with Gasteiger partial charge in [-0.2, -0.15) is 0 Å². The zero-order valence-electron chi connectivity index (χ0n) is 17.3. The van der Waals surface area contributed by atoms with Crippen LogP contribution in [0.3, 0.4) is 0 Å². The van der Waals surface area contributed by atoms with Gasteiger partial charge in [-0.3, -0.25) is 4.79 Å². The van der Waals surface area contributed by atoms with Crippen LogP contribution in [0.1, 0.15) is 33.9 Å². The van der Waals surface area contributed by atoms with E-state index in [-0.39, 0.29) is 11.8 Å². The molecule has 0 amide bonds. The lowest BCUT2D eigenvalue weighted by molar-refractivity contribution is 0.0974. The molecule has 1 aliphatic heterocycles. The minimum absolute atomic E-state index is 0.113. The van der Waals surface area contributed by atoms with Crippen LogP contribution in [0.4, 0.5) is 5.69 Å². The Labute approximate surface area is 181 Å². The van der Waals surface area contributed by atoms with Crippen LogP contribution in [0.2, 0.25) is 0 Å². The number of fused-ring (bicyclic) bond motifs is 3. The molecular formula is C27H23NO3. The summed E-state index contributed by atoms with van der Waals surface area (Å²) in [6.07, 6.45) is 0.397. The van der Waals surface area contributed by atoms with E-state index in [0.717, 1.165) is 33.2 Å². The van der Waals surface area contributed by atoms with E-state index in [1.807, 2.05) is 78.9 Å². The van der Waals surface area contributed by atoms with Gasteiger partial charge in [0.1, 0.15) is 6.61 Å². The van der Waals surface area contributed by atoms with Crippen LogP contribution in [0, 0.1) is 0 Å². The predicted molar refractivity (Wildman–Crippen MR) is 123 cm³/mol. The average molecular weight is 409 g/mol. The molecule has 5 rings (SSSR count). The topological polar surface area (TPSA) is 47.6 Å². The van der Waals surface area contributed by atoms with E-state index in [0.29, 0.717) is 24.5 Å². The molecule has 4 aromatic rings. The quantitative estimate of drug-likeness (QED) is 0.428. The molecule has 0 fully saturated rings. The molecule has 0 saturated carbocycles. The third kappa shape index (κ3) is 3.73. The third-order valence-electron chi connectivity index (χ3n) is 5.75. The number of carbonyl (C=O) groups excluding carboxylic acids is 1. The Kier molecular flexibility index (Phi) is 5.04. The second kappa shape index (κ2) is 8.15. The molecule has 0 aromatic heterocycles. The SMILES string of the molecule is COc1cc(C2CC(=O)c3c(ccc4ccccc34)N2)ccc1OCc1ccccc1. The summed E-state index contributed by atoms with van der Waals surface area (Å²) >= 11 is 0. The molecule has 4 nitrogen and oxygen atoms in total. The number of hydrogen-bond acceptors (Lipinski definition) is 4. The first-order valence-corrected chi connectivity index (χ1v) is 10.4. The molecule has 4 heteroatoms. The van der Waals surface area contributed by atoms with Crippen molar-refractivity contribution in [1.82, 2.24) is 0 Å². The summed E-state index contributed by atoms with van der Waals surface area (Å²) in [6.45, 7) is 0.469. The van der Waals surface area contributed by atoms with Crippen molar-refractivity contribution in [2.75, 3.05) is 12.4 Å². The van der Waals surface area contributed by atoms with E-state index >= 15 is 0 Å². The van der Waals surface area contributed by atoms with Gasteiger partial charge in [0.05, 0.1) is 13.2 Å². The Morgan fingerprint density at radius 2 is 1.71 bits per heavy atom. The van der Waals surface area contributed by atoms with Crippen LogP contribution in [-0.4, -0.2) is 12.9 Å². The molecule has 0 radical (unpaired) electrons. The number of Topliss-reactive ketones (excluding diaryl/α,β-unsaturated/α-hetero) is 1. The maximum absolute atomic E-state index is 13.1. The molecule has 0 aliphatic carbocycles. The van der Waals surface area contributed by atoms with Gasteiger partial charge in [0.2, 0.25) is 0 Å². The number of rotatable bonds is 5. The lowest BCUT2D eigenvalue weighted by Crippen LogP contribution is -2.23. The summed E-state index contributed by atoms with van der Waals surface area (Å²) < 4.78 is 11.6. The minimum Gasteiger partial charge on any atom is -0.493 e. The molecule has 0 bridgehead atoms. The Hall–Kier alpha value is -3.79. The predicted octanol–water partition coefficient (Wildman–Crippen LogP) is 6.17. The molecule has 1 N–H and O–H groups in total.